The number of methoxy groups -OCH3 is 2. The number of rotatable bonds is 4. The maximum atomic E-state index is 8.38. The summed E-state index contributed by atoms with van der Waals surface area (Å²) < 4.78 is 10.2. The third-order valence-corrected chi connectivity index (χ3v) is 1.92. The van der Waals surface area contributed by atoms with Crippen LogP contribution in [-0.4, -0.2) is 31.6 Å². The second-order valence-corrected chi connectivity index (χ2v) is 2.95. The summed E-state index contributed by atoms with van der Waals surface area (Å²) in [6.45, 7) is 0. The van der Waals surface area contributed by atoms with Crippen molar-refractivity contribution in [2.75, 3.05) is 14.2 Å². The minimum absolute atomic E-state index is 0.200. The SMILES string of the molecule is COc1ccc(C=N/N=C(\N)NO)c(OC)c1. The highest BCUT2D eigenvalue weighted by molar-refractivity contribution is 5.85. The fourth-order valence-corrected chi connectivity index (χ4v) is 1.10. The highest BCUT2D eigenvalue weighted by Gasteiger charge is 2.02. The molecule has 92 valence electrons. The largest absolute Gasteiger partial charge is 0.497 e. The lowest BCUT2D eigenvalue weighted by Crippen LogP contribution is -2.27. The Morgan fingerprint density at radius 1 is 1.41 bits per heavy atom. The Morgan fingerprint density at radius 2 is 2.18 bits per heavy atom. The van der Waals surface area contributed by atoms with Crippen LogP contribution in [0.4, 0.5) is 0 Å². The van der Waals surface area contributed by atoms with E-state index in [-0.39, 0.29) is 5.96 Å². The van der Waals surface area contributed by atoms with Gasteiger partial charge in [0, 0.05) is 11.6 Å². The number of hydrogen-bond donors (Lipinski definition) is 3. The minimum atomic E-state index is -0.200. The molecule has 0 unspecified atom stereocenters. The van der Waals surface area contributed by atoms with E-state index in [0.29, 0.717) is 17.1 Å². The van der Waals surface area contributed by atoms with E-state index in [1.54, 1.807) is 37.9 Å². The van der Waals surface area contributed by atoms with Gasteiger partial charge >= 0.3 is 0 Å². The molecule has 0 heterocycles. The van der Waals surface area contributed by atoms with Crippen LogP contribution in [0.2, 0.25) is 0 Å². The second-order valence-electron chi connectivity index (χ2n) is 2.95. The summed E-state index contributed by atoms with van der Waals surface area (Å²) in [7, 11) is 3.11. The third kappa shape index (κ3) is 3.65. The molecule has 0 aliphatic rings. The molecule has 17 heavy (non-hydrogen) atoms. The van der Waals surface area contributed by atoms with Gasteiger partial charge in [0.15, 0.2) is 0 Å². The number of ether oxygens (including phenoxy) is 2. The molecule has 1 aromatic rings. The second kappa shape index (κ2) is 6.33. The van der Waals surface area contributed by atoms with Gasteiger partial charge in [-0.05, 0) is 12.1 Å². The molecule has 1 aromatic carbocycles. The van der Waals surface area contributed by atoms with Crippen molar-refractivity contribution in [3.8, 4) is 11.5 Å². The Bertz CT molecular complexity index is 432. The third-order valence-electron chi connectivity index (χ3n) is 1.92. The van der Waals surface area contributed by atoms with E-state index in [1.165, 1.54) is 6.21 Å². The van der Waals surface area contributed by atoms with Gasteiger partial charge in [0.2, 0.25) is 5.96 Å². The smallest absolute Gasteiger partial charge is 0.237 e. The maximum Gasteiger partial charge on any atom is 0.237 e. The molecule has 0 saturated carbocycles. The lowest BCUT2D eigenvalue weighted by Gasteiger charge is -2.06. The number of nitrogens with zero attached hydrogens (tertiary/aromatic N) is 2. The molecule has 0 aromatic heterocycles. The summed E-state index contributed by atoms with van der Waals surface area (Å²) in [5, 5.41) is 15.5. The summed E-state index contributed by atoms with van der Waals surface area (Å²) in [5.74, 6) is 1.08. The van der Waals surface area contributed by atoms with Crippen LogP contribution in [0.3, 0.4) is 0 Å². The first-order chi connectivity index (χ1) is 8.21. The van der Waals surface area contributed by atoms with Crippen LogP contribution in [0, 0.1) is 0 Å². The first-order valence-corrected chi connectivity index (χ1v) is 4.70. The average Bonchev–Trinajstić information content (AvgIpc) is 2.38. The zero-order chi connectivity index (χ0) is 12.7. The topological polar surface area (TPSA) is 101 Å². The monoisotopic (exact) mass is 238 g/mol. The molecule has 0 spiro atoms. The van der Waals surface area contributed by atoms with Crippen LogP contribution in [0.15, 0.2) is 28.4 Å². The molecule has 0 radical (unpaired) electrons. The van der Waals surface area contributed by atoms with Crippen LogP contribution < -0.4 is 20.7 Å². The van der Waals surface area contributed by atoms with Crippen LogP contribution in [-0.2, 0) is 0 Å². The molecule has 0 aliphatic heterocycles. The van der Waals surface area contributed by atoms with Gasteiger partial charge in [-0.1, -0.05) is 0 Å². The number of hydrogen-bond acceptors (Lipinski definition) is 5. The Morgan fingerprint density at radius 3 is 2.76 bits per heavy atom. The van der Waals surface area contributed by atoms with Crippen LogP contribution >= 0.6 is 0 Å². The Hall–Kier alpha value is -2.28. The molecule has 0 atom stereocenters. The Kier molecular flexibility index (Phi) is 4.77. The predicted molar refractivity (Wildman–Crippen MR) is 63.7 cm³/mol. The summed E-state index contributed by atoms with van der Waals surface area (Å²) in [6.07, 6.45) is 1.45. The Labute approximate surface area is 98.5 Å². The molecule has 0 bridgehead atoms. The van der Waals surface area contributed by atoms with Gasteiger partial charge in [0.05, 0.1) is 20.4 Å². The van der Waals surface area contributed by atoms with Gasteiger partial charge in [0.1, 0.15) is 11.5 Å². The molecule has 7 heteroatoms. The van der Waals surface area contributed by atoms with Crippen LogP contribution in [0.1, 0.15) is 5.56 Å². The van der Waals surface area contributed by atoms with E-state index < -0.39 is 0 Å². The molecule has 0 amide bonds. The summed E-state index contributed by atoms with van der Waals surface area (Å²) >= 11 is 0. The highest BCUT2D eigenvalue weighted by Crippen LogP contribution is 2.22. The Balaban J connectivity index is 2.91. The number of nitrogens with one attached hydrogen (secondary N) is 1. The molecular formula is C10H14N4O3. The van der Waals surface area contributed by atoms with Crippen molar-refractivity contribution in [2.24, 2.45) is 15.9 Å². The minimum Gasteiger partial charge on any atom is -0.497 e. The fraction of sp³-hybridized carbons (Fsp3) is 0.200. The van der Waals surface area contributed by atoms with Gasteiger partial charge in [-0.3, -0.25) is 5.21 Å². The van der Waals surface area contributed by atoms with Crippen LogP contribution in [0.5, 0.6) is 11.5 Å². The first kappa shape index (κ1) is 12.8. The normalized spacial score (nSPS) is 11.6. The molecule has 0 fully saturated rings. The summed E-state index contributed by atoms with van der Waals surface area (Å²) in [5.41, 5.74) is 7.55. The summed E-state index contributed by atoms with van der Waals surface area (Å²) in [6, 6.07) is 5.25. The van der Waals surface area contributed by atoms with Crippen molar-refractivity contribution in [1.82, 2.24) is 5.48 Å². The standard InChI is InChI=1S/C10H14N4O3/c1-16-8-4-3-7(9(5-8)17-2)6-12-13-10(11)14-15/h3-6,15H,1-2H3,(H3,11,13,14). The predicted octanol–water partition coefficient (Wildman–Crippen LogP) is 0.331. The van der Waals surface area contributed by atoms with Crippen molar-refractivity contribution in [3.63, 3.8) is 0 Å². The quantitative estimate of drug-likeness (QED) is 0.398. The molecular weight excluding hydrogens is 224 g/mol. The van der Waals surface area contributed by atoms with Crippen molar-refractivity contribution in [1.29, 1.82) is 0 Å². The van der Waals surface area contributed by atoms with Gasteiger partial charge in [-0.25, -0.2) is 5.48 Å². The number of hydroxylamine groups is 1. The lowest BCUT2D eigenvalue weighted by atomic mass is 10.2. The van der Waals surface area contributed by atoms with Crippen molar-refractivity contribution in [2.45, 2.75) is 0 Å². The molecule has 0 aliphatic carbocycles. The fourth-order valence-electron chi connectivity index (χ4n) is 1.10. The summed E-state index contributed by atoms with van der Waals surface area (Å²) in [4.78, 5) is 0. The van der Waals surface area contributed by atoms with E-state index in [9.17, 15) is 0 Å². The van der Waals surface area contributed by atoms with Crippen molar-refractivity contribution < 1.29 is 14.7 Å². The number of nitrogens with two attached hydrogens (primary N) is 1. The van der Waals surface area contributed by atoms with E-state index in [1.807, 2.05) is 0 Å². The maximum absolute atomic E-state index is 8.38. The van der Waals surface area contributed by atoms with Crippen molar-refractivity contribution >= 4 is 12.2 Å². The highest BCUT2D eigenvalue weighted by atomic mass is 16.5. The number of benzene rings is 1. The van der Waals surface area contributed by atoms with Crippen molar-refractivity contribution in [3.05, 3.63) is 23.8 Å². The van der Waals surface area contributed by atoms with E-state index in [4.69, 9.17) is 20.4 Å². The number of guanidine groups is 1. The van der Waals surface area contributed by atoms with Gasteiger partial charge in [-0.2, -0.15) is 5.10 Å². The van der Waals surface area contributed by atoms with Gasteiger partial charge in [-0.15, -0.1) is 5.10 Å². The zero-order valence-electron chi connectivity index (χ0n) is 9.54. The van der Waals surface area contributed by atoms with E-state index >= 15 is 0 Å². The zero-order valence-corrected chi connectivity index (χ0v) is 9.54. The molecule has 1 rings (SSSR count). The van der Waals surface area contributed by atoms with Crippen LogP contribution in [0.25, 0.3) is 0 Å². The van der Waals surface area contributed by atoms with Gasteiger partial charge < -0.3 is 15.2 Å². The molecule has 0 saturated heterocycles. The van der Waals surface area contributed by atoms with E-state index in [2.05, 4.69) is 10.2 Å². The molecule has 7 nitrogen and oxygen atoms in total. The molecule has 4 N–H and O–H groups in total. The van der Waals surface area contributed by atoms with Gasteiger partial charge in [0.25, 0.3) is 0 Å². The van der Waals surface area contributed by atoms with E-state index in [0.717, 1.165) is 0 Å². The first-order valence-electron chi connectivity index (χ1n) is 4.70. The average molecular weight is 238 g/mol. The lowest BCUT2D eigenvalue weighted by molar-refractivity contribution is 0.232.